The van der Waals surface area contributed by atoms with Crippen molar-refractivity contribution in [2.45, 2.75) is 0 Å². The van der Waals surface area contributed by atoms with E-state index < -0.39 is 17.4 Å². The summed E-state index contributed by atoms with van der Waals surface area (Å²) in [5.41, 5.74) is -0.0753. The van der Waals surface area contributed by atoms with Crippen LogP contribution in [0.1, 0.15) is 20.8 Å². The van der Waals surface area contributed by atoms with Crippen molar-refractivity contribution >= 4 is 33.5 Å². The van der Waals surface area contributed by atoms with Gasteiger partial charge in [-0.3, -0.25) is 9.59 Å². The predicted molar refractivity (Wildman–Crippen MR) is 73.9 cm³/mol. The number of aromatic amines is 1. The van der Waals surface area contributed by atoms with Crippen LogP contribution in [0.2, 0.25) is 0 Å². The summed E-state index contributed by atoms with van der Waals surface area (Å²) >= 11 is 3.21. The highest BCUT2D eigenvalue weighted by Crippen LogP contribution is 2.24. The number of aromatic carboxylic acids is 1. The second-order valence-corrected chi connectivity index (χ2v) is 4.60. The molecule has 20 heavy (non-hydrogen) atoms. The Morgan fingerprint density at radius 1 is 1.35 bits per heavy atom. The second-order valence-electron chi connectivity index (χ2n) is 3.75. The van der Waals surface area contributed by atoms with Crippen molar-refractivity contribution in [1.82, 2.24) is 9.97 Å². The van der Waals surface area contributed by atoms with E-state index in [2.05, 4.69) is 31.2 Å². The van der Waals surface area contributed by atoms with Crippen LogP contribution in [0.15, 0.2) is 39.9 Å². The summed E-state index contributed by atoms with van der Waals surface area (Å²) in [7, 11) is 0. The highest BCUT2D eigenvalue weighted by Gasteiger charge is 2.12. The number of amides is 1. The molecule has 2 aromatic rings. The molecule has 0 spiro atoms. The van der Waals surface area contributed by atoms with Gasteiger partial charge in [-0.1, -0.05) is 0 Å². The molecule has 8 heteroatoms. The number of nitrogens with zero attached hydrogens (tertiary/aromatic N) is 1. The van der Waals surface area contributed by atoms with Gasteiger partial charge in [0.2, 0.25) is 0 Å². The van der Waals surface area contributed by atoms with Gasteiger partial charge in [-0.05, 0) is 34.1 Å². The fourth-order valence-electron chi connectivity index (χ4n) is 1.41. The number of carbonyl (C=O) groups is 2. The number of aromatic nitrogens is 2. The van der Waals surface area contributed by atoms with E-state index in [1.54, 1.807) is 0 Å². The molecular weight excluding hydrogens is 330 g/mol. The van der Waals surface area contributed by atoms with Gasteiger partial charge < -0.3 is 15.4 Å². The molecule has 3 N–H and O–H groups in total. The third-order valence-electron chi connectivity index (χ3n) is 2.37. The summed E-state index contributed by atoms with van der Waals surface area (Å²) in [6, 6.07) is 4.23. The smallest absolute Gasteiger partial charge is 0.335 e. The molecule has 1 heterocycles. The van der Waals surface area contributed by atoms with Crippen LogP contribution in [0.25, 0.3) is 0 Å². The van der Waals surface area contributed by atoms with E-state index in [9.17, 15) is 14.4 Å². The zero-order chi connectivity index (χ0) is 14.7. The van der Waals surface area contributed by atoms with Gasteiger partial charge in [0.15, 0.2) is 0 Å². The van der Waals surface area contributed by atoms with Gasteiger partial charge in [-0.25, -0.2) is 9.78 Å². The van der Waals surface area contributed by atoms with Gasteiger partial charge in [0, 0.05) is 10.7 Å². The first-order chi connectivity index (χ1) is 9.47. The number of nitrogens with one attached hydrogen (secondary N) is 2. The van der Waals surface area contributed by atoms with E-state index in [1.165, 1.54) is 24.4 Å². The second kappa shape index (κ2) is 5.66. The first kappa shape index (κ1) is 13.9. The summed E-state index contributed by atoms with van der Waals surface area (Å²) in [6.07, 6.45) is 2.16. The lowest BCUT2D eigenvalue weighted by atomic mass is 10.2. The van der Waals surface area contributed by atoms with Crippen LogP contribution in [0.5, 0.6) is 0 Å². The lowest BCUT2D eigenvalue weighted by Gasteiger charge is -2.07. The molecular formula is C12H8BrN3O4. The van der Waals surface area contributed by atoms with Crippen LogP contribution in [0.3, 0.4) is 0 Å². The summed E-state index contributed by atoms with van der Waals surface area (Å²) in [4.78, 5) is 39.6. The highest BCUT2D eigenvalue weighted by atomic mass is 79.9. The minimum Gasteiger partial charge on any atom is -0.478 e. The van der Waals surface area contributed by atoms with Crippen molar-refractivity contribution in [3.8, 4) is 0 Å². The number of rotatable bonds is 3. The maximum absolute atomic E-state index is 11.9. The van der Waals surface area contributed by atoms with Crippen molar-refractivity contribution in [2.24, 2.45) is 0 Å². The molecule has 1 aromatic carbocycles. The van der Waals surface area contributed by atoms with E-state index in [0.717, 1.165) is 6.20 Å². The molecule has 0 aliphatic rings. The van der Waals surface area contributed by atoms with E-state index >= 15 is 0 Å². The molecule has 2 rings (SSSR count). The summed E-state index contributed by atoms with van der Waals surface area (Å²) < 4.78 is 0.528. The number of H-pyrrole nitrogens is 1. The minimum absolute atomic E-state index is 0.0113. The highest BCUT2D eigenvalue weighted by molar-refractivity contribution is 9.10. The standard InChI is InChI=1S/C12H8BrN3O4/c13-7-2-1-6(12(19)20)3-8(7)16-11(18)9-4-15-10(17)5-14-9/h1-5H,(H,15,17)(H,16,18)(H,19,20). The summed E-state index contributed by atoms with van der Waals surface area (Å²) in [5, 5.41) is 11.4. The van der Waals surface area contributed by atoms with Gasteiger partial charge >= 0.3 is 5.97 Å². The molecule has 0 saturated heterocycles. The topological polar surface area (TPSA) is 112 Å². The number of carboxylic acids is 1. The van der Waals surface area contributed by atoms with Gasteiger partial charge in [0.1, 0.15) is 5.69 Å². The fourth-order valence-corrected chi connectivity index (χ4v) is 1.75. The third-order valence-corrected chi connectivity index (χ3v) is 3.06. The Hall–Kier alpha value is -2.48. The Morgan fingerprint density at radius 2 is 2.10 bits per heavy atom. The van der Waals surface area contributed by atoms with Crippen LogP contribution in [-0.4, -0.2) is 27.0 Å². The molecule has 7 nitrogen and oxygen atoms in total. The van der Waals surface area contributed by atoms with Crippen molar-refractivity contribution < 1.29 is 14.7 Å². The van der Waals surface area contributed by atoms with Crippen LogP contribution >= 0.6 is 15.9 Å². The van der Waals surface area contributed by atoms with Crippen LogP contribution in [0.4, 0.5) is 5.69 Å². The van der Waals surface area contributed by atoms with Crippen molar-refractivity contribution in [3.05, 3.63) is 56.7 Å². The maximum Gasteiger partial charge on any atom is 0.335 e. The first-order valence-corrected chi connectivity index (χ1v) is 6.15. The molecule has 0 unspecified atom stereocenters. The molecule has 0 radical (unpaired) electrons. The minimum atomic E-state index is -1.10. The molecule has 0 bridgehead atoms. The van der Waals surface area contributed by atoms with E-state index in [1.807, 2.05) is 0 Å². The number of hydrogen-bond acceptors (Lipinski definition) is 4. The zero-order valence-electron chi connectivity index (χ0n) is 9.88. The number of halogens is 1. The Balaban J connectivity index is 2.27. The summed E-state index contributed by atoms with van der Waals surface area (Å²) in [5.74, 6) is -1.67. The zero-order valence-corrected chi connectivity index (χ0v) is 11.5. The molecule has 1 amide bonds. The quantitative estimate of drug-likeness (QED) is 0.785. The Bertz CT molecular complexity index is 721. The lowest BCUT2D eigenvalue weighted by Crippen LogP contribution is -2.17. The van der Waals surface area contributed by atoms with E-state index in [4.69, 9.17) is 5.11 Å². The Morgan fingerprint density at radius 3 is 2.70 bits per heavy atom. The van der Waals surface area contributed by atoms with Crippen LogP contribution < -0.4 is 10.9 Å². The fraction of sp³-hybridized carbons (Fsp3) is 0. The lowest BCUT2D eigenvalue weighted by molar-refractivity contribution is 0.0696. The van der Waals surface area contributed by atoms with Crippen molar-refractivity contribution in [3.63, 3.8) is 0 Å². The number of carboxylic acid groups (broad SMARTS) is 1. The van der Waals surface area contributed by atoms with Crippen molar-refractivity contribution in [2.75, 3.05) is 5.32 Å². The van der Waals surface area contributed by atoms with E-state index in [0.29, 0.717) is 10.2 Å². The van der Waals surface area contributed by atoms with Crippen molar-refractivity contribution in [1.29, 1.82) is 0 Å². The Kier molecular flexibility index (Phi) is 3.94. The molecule has 0 atom stereocenters. The molecule has 102 valence electrons. The molecule has 0 fully saturated rings. The molecule has 1 aromatic heterocycles. The van der Waals surface area contributed by atoms with E-state index in [-0.39, 0.29) is 11.3 Å². The predicted octanol–water partition coefficient (Wildman–Crippen LogP) is 1.48. The van der Waals surface area contributed by atoms with Gasteiger partial charge in [-0.15, -0.1) is 0 Å². The van der Waals surface area contributed by atoms with Gasteiger partial charge in [0.05, 0.1) is 17.4 Å². The normalized spacial score (nSPS) is 10.1. The van der Waals surface area contributed by atoms with Crippen LogP contribution in [0, 0.1) is 0 Å². The first-order valence-electron chi connectivity index (χ1n) is 5.36. The number of anilines is 1. The Labute approximate surface area is 120 Å². The summed E-state index contributed by atoms with van der Waals surface area (Å²) in [6.45, 7) is 0. The number of carbonyl (C=O) groups excluding carboxylic acids is 1. The third kappa shape index (κ3) is 3.09. The molecule has 0 aliphatic carbocycles. The average molecular weight is 338 g/mol. The molecule has 0 saturated carbocycles. The van der Waals surface area contributed by atoms with Crippen LogP contribution in [-0.2, 0) is 0 Å². The molecule has 0 aliphatic heterocycles. The average Bonchev–Trinajstić information content (AvgIpc) is 2.41. The number of hydrogen-bond donors (Lipinski definition) is 3. The maximum atomic E-state index is 11.9. The van der Waals surface area contributed by atoms with Gasteiger partial charge in [-0.2, -0.15) is 0 Å². The van der Waals surface area contributed by atoms with Gasteiger partial charge in [0.25, 0.3) is 11.5 Å². The SMILES string of the molecule is O=C(O)c1ccc(Br)c(NC(=O)c2c[nH]c(=O)cn2)c1. The largest absolute Gasteiger partial charge is 0.478 e. The monoisotopic (exact) mass is 337 g/mol. The number of benzene rings is 1.